The van der Waals surface area contributed by atoms with Gasteiger partial charge in [0.1, 0.15) is 12.3 Å². The molecule has 0 saturated carbocycles. The highest BCUT2D eigenvalue weighted by Crippen LogP contribution is 2.30. The molecule has 5 rings (SSSR count). The molecule has 0 spiro atoms. The van der Waals surface area contributed by atoms with Crippen molar-refractivity contribution in [2.24, 2.45) is 0 Å². The molecular formula is C34H37N3O4S. The van der Waals surface area contributed by atoms with Gasteiger partial charge in [-0.05, 0) is 61.4 Å². The Morgan fingerprint density at radius 3 is 1.86 bits per heavy atom. The second-order valence-corrected chi connectivity index (χ2v) is 12.3. The van der Waals surface area contributed by atoms with E-state index >= 15 is 0 Å². The molecule has 0 atom stereocenters. The summed E-state index contributed by atoms with van der Waals surface area (Å²) in [4.78, 5) is 18.0. The molecule has 1 amide bonds. The van der Waals surface area contributed by atoms with Crippen LogP contribution in [0.5, 0.6) is 5.75 Å². The molecule has 7 nitrogen and oxygen atoms in total. The van der Waals surface area contributed by atoms with Gasteiger partial charge in [-0.3, -0.25) is 14.0 Å². The van der Waals surface area contributed by atoms with Crippen LogP contribution in [0, 0.1) is 6.92 Å². The fourth-order valence-corrected chi connectivity index (χ4v) is 6.78. The molecule has 0 aromatic heterocycles. The maximum absolute atomic E-state index is 13.8. The molecule has 0 radical (unpaired) electrons. The number of benzene rings is 4. The standard InChI is InChI=1S/C34H37N3O4S/c1-3-41-31-18-16-30(17-19-31)37(42(39,40)32-20-14-27(2)15-21-32)26-33(38)35-22-24-36(25-23-35)34(28-10-6-4-7-11-28)29-12-8-5-9-13-29/h4-21,34H,3,22-26H2,1-2H3. The van der Waals surface area contributed by atoms with E-state index in [9.17, 15) is 13.2 Å². The van der Waals surface area contributed by atoms with Gasteiger partial charge in [0, 0.05) is 26.2 Å². The van der Waals surface area contributed by atoms with Crippen molar-refractivity contribution in [2.75, 3.05) is 43.6 Å². The molecular weight excluding hydrogens is 546 g/mol. The Labute approximate surface area is 249 Å². The lowest BCUT2D eigenvalue weighted by atomic mass is 9.96. The summed E-state index contributed by atoms with van der Waals surface area (Å²) in [6.45, 7) is 6.39. The lowest BCUT2D eigenvalue weighted by molar-refractivity contribution is -0.131. The lowest BCUT2D eigenvalue weighted by Crippen LogP contribution is -2.52. The summed E-state index contributed by atoms with van der Waals surface area (Å²) in [6, 6.07) is 34.4. The molecule has 42 heavy (non-hydrogen) atoms. The van der Waals surface area contributed by atoms with Gasteiger partial charge in [-0.1, -0.05) is 78.4 Å². The number of hydrogen-bond acceptors (Lipinski definition) is 5. The summed E-state index contributed by atoms with van der Waals surface area (Å²) >= 11 is 0. The first-order valence-corrected chi connectivity index (χ1v) is 15.7. The number of carbonyl (C=O) groups is 1. The number of hydrogen-bond donors (Lipinski definition) is 0. The fourth-order valence-electron chi connectivity index (χ4n) is 5.36. The summed E-state index contributed by atoms with van der Waals surface area (Å²) in [6.07, 6.45) is 0. The van der Waals surface area contributed by atoms with Gasteiger partial charge in [0.25, 0.3) is 10.0 Å². The van der Waals surface area contributed by atoms with Crippen molar-refractivity contribution in [1.82, 2.24) is 9.80 Å². The summed E-state index contributed by atoms with van der Waals surface area (Å²) in [5.74, 6) is 0.415. The Morgan fingerprint density at radius 1 is 0.786 bits per heavy atom. The predicted molar refractivity (Wildman–Crippen MR) is 166 cm³/mol. The van der Waals surface area contributed by atoms with Gasteiger partial charge in [-0.15, -0.1) is 0 Å². The van der Waals surface area contributed by atoms with Gasteiger partial charge < -0.3 is 9.64 Å². The summed E-state index contributed by atoms with van der Waals surface area (Å²) in [7, 11) is -3.99. The van der Waals surface area contributed by atoms with E-state index in [4.69, 9.17) is 4.74 Å². The van der Waals surface area contributed by atoms with Crippen molar-refractivity contribution in [3.8, 4) is 5.75 Å². The highest BCUT2D eigenvalue weighted by atomic mass is 32.2. The maximum atomic E-state index is 13.8. The van der Waals surface area contributed by atoms with E-state index in [1.165, 1.54) is 15.4 Å². The lowest BCUT2D eigenvalue weighted by Gasteiger charge is -2.40. The molecule has 1 aliphatic rings. The van der Waals surface area contributed by atoms with Crippen LogP contribution >= 0.6 is 0 Å². The molecule has 0 unspecified atom stereocenters. The number of ether oxygens (including phenoxy) is 1. The van der Waals surface area contributed by atoms with Crippen molar-refractivity contribution in [2.45, 2.75) is 24.8 Å². The van der Waals surface area contributed by atoms with Crippen molar-refractivity contribution in [1.29, 1.82) is 0 Å². The van der Waals surface area contributed by atoms with Crippen LogP contribution in [0.25, 0.3) is 0 Å². The molecule has 218 valence electrons. The van der Waals surface area contributed by atoms with Gasteiger partial charge in [0.05, 0.1) is 23.2 Å². The molecule has 4 aromatic rings. The monoisotopic (exact) mass is 583 g/mol. The number of sulfonamides is 1. The van der Waals surface area contributed by atoms with E-state index < -0.39 is 10.0 Å². The predicted octanol–water partition coefficient (Wildman–Crippen LogP) is 5.52. The van der Waals surface area contributed by atoms with E-state index in [0.717, 1.165) is 5.56 Å². The largest absolute Gasteiger partial charge is 0.494 e. The second kappa shape index (κ2) is 13.2. The summed E-state index contributed by atoms with van der Waals surface area (Å²) in [5, 5.41) is 0. The van der Waals surface area contributed by atoms with Crippen LogP contribution in [0.15, 0.2) is 114 Å². The van der Waals surface area contributed by atoms with Crippen LogP contribution in [-0.4, -0.2) is 63.5 Å². The number of rotatable bonds is 10. The van der Waals surface area contributed by atoms with Gasteiger partial charge in [-0.25, -0.2) is 8.42 Å². The fraction of sp³-hybridized carbons (Fsp3) is 0.265. The third-order valence-corrected chi connectivity index (χ3v) is 9.37. The van der Waals surface area contributed by atoms with Crippen molar-refractivity contribution < 1.29 is 17.9 Å². The smallest absolute Gasteiger partial charge is 0.264 e. The Hall–Kier alpha value is -4.14. The number of aryl methyl sites for hydroxylation is 1. The Kier molecular flexibility index (Phi) is 9.25. The van der Waals surface area contributed by atoms with E-state index in [1.807, 2.05) is 26.0 Å². The first kappa shape index (κ1) is 29.4. The highest BCUT2D eigenvalue weighted by molar-refractivity contribution is 7.92. The average Bonchev–Trinajstić information content (AvgIpc) is 3.02. The minimum Gasteiger partial charge on any atom is -0.494 e. The van der Waals surface area contributed by atoms with Crippen LogP contribution in [0.1, 0.15) is 29.7 Å². The average molecular weight is 584 g/mol. The first-order valence-electron chi connectivity index (χ1n) is 14.3. The van der Waals surface area contributed by atoms with E-state index in [1.54, 1.807) is 53.4 Å². The molecule has 1 fully saturated rings. The SMILES string of the molecule is CCOc1ccc(N(CC(=O)N2CCN(C(c3ccccc3)c3ccccc3)CC2)S(=O)(=O)c2ccc(C)cc2)cc1. The molecule has 0 N–H and O–H groups in total. The second-order valence-electron chi connectivity index (χ2n) is 10.4. The molecule has 1 heterocycles. The van der Waals surface area contributed by atoms with E-state index in [-0.39, 0.29) is 23.4 Å². The van der Waals surface area contributed by atoms with Crippen molar-refractivity contribution in [3.05, 3.63) is 126 Å². The van der Waals surface area contributed by atoms with Gasteiger partial charge in [-0.2, -0.15) is 0 Å². The molecule has 1 saturated heterocycles. The third-order valence-electron chi connectivity index (χ3n) is 7.59. The van der Waals surface area contributed by atoms with E-state index in [2.05, 4.69) is 53.4 Å². The van der Waals surface area contributed by atoms with Crippen LogP contribution in [0.3, 0.4) is 0 Å². The minimum absolute atomic E-state index is 0.0759. The van der Waals surface area contributed by atoms with Gasteiger partial charge in [0.15, 0.2) is 0 Å². The zero-order valence-corrected chi connectivity index (χ0v) is 24.9. The molecule has 0 bridgehead atoms. The van der Waals surface area contributed by atoms with Crippen LogP contribution in [0.4, 0.5) is 5.69 Å². The number of anilines is 1. The molecule has 0 aliphatic carbocycles. The summed E-state index contributed by atoms with van der Waals surface area (Å²) < 4.78 is 34.4. The van der Waals surface area contributed by atoms with Crippen molar-refractivity contribution >= 4 is 21.6 Å². The van der Waals surface area contributed by atoms with Gasteiger partial charge in [0.2, 0.25) is 5.91 Å². The van der Waals surface area contributed by atoms with Crippen molar-refractivity contribution in [3.63, 3.8) is 0 Å². The quantitative estimate of drug-likeness (QED) is 0.246. The molecule has 1 aliphatic heterocycles. The minimum atomic E-state index is -3.99. The summed E-state index contributed by atoms with van der Waals surface area (Å²) in [5.41, 5.74) is 3.78. The Morgan fingerprint density at radius 2 is 1.33 bits per heavy atom. The number of nitrogens with zero attached hydrogens (tertiary/aromatic N) is 3. The number of carbonyl (C=O) groups excluding carboxylic acids is 1. The van der Waals surface area contributed by atoms with Crippen LogP contribution in [0.2, 0.25) is 0 Å². The molecule has 8 heteroatoms. The van der Waals surface area contributed by atoms with E-state index in [0.29, 0.717) is 44.2 Å². The number of piperazine rings is 1. The first-order chi connectivity index (χ1) is 20.4. The normalized spacial score (nSPS) is 14.1. The topological polar surface area (TPSA) is 70.2 Å². The highest BCUT2D eigenvalue weighted by Gasteiger charge is 2.32. The zero-order valence-electron chi connectivity index (χ0n) is 24.1. The third kappa shape index (κ3) is 6.66. The molecule has 4 aromatic carbocycles. The van der Waals surface area contributed by atoms with Crippen LogP contribution in [-0.2, 0) is 14.8 Å². The number of amides is 1. The Bertz CT molecular complexity index is 1510. The van der Waals surface area contributed by atoms with Crippen LogP contribution < -0.4 is 9.04 Å². The Balaban J connectivity index is 1.35. The zero-order chi connectivity index (χ0) is 29.5. The van der Waals surface area contributed by atoms with Gasteiger partial charge >= 0.3 is 0 Å². The maximum Gasteiger partial charge on any atom is 0.264 e.